The lowest BCUT2D eigenvalue weighted by Gasteiger charge is -2.21. The van der Waals surface area contributed by atoms with Crippen LogP contribution in [0, 0.1) is 23.7 Å². The number of aliphatic imine (C=N–C) groups is 1. The van der Waals surface area contributed by atoms with E-state index in [0.29, 0.717) is 13.1 Å². The van der Waals surface area contributed by atoms with Gasteiger partial charge in [0.2, 0.25) is 11.8 Å². The summed E-state index contributed by atoms with van der Waals surface area (Å²) in [7, 11) is 1.74. The summed E-state index contributed by atoms with van der Waals surface area (Å²) in [5.74, 6) is 1.11. The molecule has 4 atom stereocenters. The molecule has 3 aliphatic carbocycles. The lowest BCUT2D eigenvalue weighted by atomic mass is 9.85. The van der Waals surface area contributed by atoms with Crippen molar-refractivity contribution in [1.82, 2.24) is 20.4 Å². The second-order valence-electron chi connectivity index (χ2n) is 8.11. The van der Waals surface area contributed by atoms with Crippen LogP contribution in [0.4, 0.5) is 0 Å². The number of carbonyl (C=O) groups excluding carboxylic acids is 2. The molecule has 0 aromatic heterocycles. The van der Waals surface area contributed by atoms with Gasteiger partial charge in [-0.25, -0.2) is 0 Å². The van der Waals surface area contributed by atoms with Crippen molar-refractivity contribution in [3.05, 3.63) is 12.2 Å². The van der Waals surface area contributed by atoms with Crippen molar-refractivity contribution in [2.24, 2.45) is 28.7 Å². The number of likely N-dealkylation sites (N-methyl/N-ethyl adjacent to an activating group) is 1. The predicted octanol–water partition coefficient (Wildman–Crippen LogP) is 1.06. The van der Waals surface area contributed by atoms with Gasteiger partial charge in [-0.05, 0) is 37.6 Å². The fourth-order valence-electron chi connectivity index (χ4n) is 5.05. The topological polar surface area (TPSA) is 77.0 Å². The highest BCUT2D eigenvalue weighted by molar-refractivity contribution is 14.0. The average Bonchev–Trinajstić information content (AvgIpc) is 3.22. The number of rotatable bonds is 8. The number of fused-ring (bicyclic) bond motifs is 5. The maximum Gasteiger partial charge on any atom is 0.233 e. The minimum atomic E-state index is -0.104. The first-order chi connectivity index (χ1) is 13.1. The average molecular weight is 501 g/mol. The SMILES string of the molecule is CCN(CCNC(=NC)NCCN1C(=O)C2C3C=CC(C3)C2C1=O)C1CC1.I. The Kier molecular flexibility index (Phi) is 7.01. The van der Waals surface area contributed by atoms with Gasteiger partial charge in [0.15, 0.2) is 5.96 Å². The van der Waals surface area contributed by atoms with Crippen molar-refractivity contribution < 1.29 is 9.59 Å². The number of amides is 2. The molecule has 0 aromatic carbocycles. The molecule has 7 nitrogen and oxygen atoms in total. The van der Waals surface area contributed by atoms with Crippen LogP contribution in [0.5, 0.6) is 0 Å². The van der Waals surface area contributed by atoms with Crippen LogP contribution in [0.3, 0.4) is 0 Å². The number of carbonyl (C=O) groups is 2. The molecule has 4 unspecified atom stereocenters. The van der Waals surface area contributed by atoms with Crippen molar-refractivity contribution in [3.8, 4) is 0 Å². The molecule has 1 saturated heterocycles. The number of likely N-dealkylation sites (tertiary alicyclic amines) is 1. The van der Waals surface area contributed by atoms with Crippen molar-refractivity contribution in [3.63, 3.8) is 0 Å². The Bertz CT molecular complexity index is 633. The Hall–Kier alpha value is -1.16. The molecular formula is C20H32IN5O2. The summed E-state index contributed by atoms with van der Waals surface area (Å²) in [6, 6.07) is 0.767. The van der Waals surface area contributed by atoms with E-state index >= 15 is 0 Å². The Morgan fingerprint density at radius 3 is 2.29 bits per heavy atom. The van der Waals surface area contributed by atoms with Gasteiger partial charge in [0.25, 0.3) is 0 Å². The van der Waals surface area contributed by atoms with E-state index in [9.17, 15) is 9.59 Å². The third-order valence-corrected chi connectivity index (χ3v) is 6.57. The van der Waals surface area contributed by atoms with E-state index in [-0.39, 0.29) is 59.5 Å². The molecule has 0 aromatic rings. The zero-order valence-electron chi connectivity index (χ0n) is 16.8. The monoisotopic (exact) mass is 501 g/mol. The molecule has 28 heavy (non-hydrogen) atoms. The fourth-order valence-corrected chi connectivity index (χ4v) is 5.05. The van der Waals surface area contributed by atoms with E-state index in [1.165, 1.54) is 17.7 Å². The van der Waals surface area contributed by atoms with Crippen LogP contribution in [0.2, 0.25) is 0 Å². The number of hydrogen-bond acceptors (Lipinski definition) is 4. The molecule has 2 N–H and O–H groups in total. The molecule has 4 aliphatic rings. The lowest BCUT2D eigenvalue weighted by molar-refractivity contribution is -0.140. The van der Waals surface area contributed by atoms with Gasteiger partial charge >= 0.3 is 0 Å². The minimum Gasteiger partial charge on any atom is -0.355 e. The lowest BCUT2D eigenvalue weighted by Crippen LogP contribution is -2.45. The van der Waals surface area contributed by atoms with Gasteiger partial charge in [-0.1, -0.05) is 19.1 Å². The fraction of sp³-hybridized carbons (Fsp3) is 0.750. The van der Waals surface area contributed by atoms with Crippen LogP contribution in [0.25, 0.3) is 0 Å². The van der Waals surface area contributed by atoms with Gasteiger partial charge in [-0.2, -0.15) is 0 Å². The number of guanidine groups is 1. The zero-order chi connectivity index (χ0) is 19.0. The Morgan fingerprint density at radius 2 is 1.75 bits per heavy atom. The van der Waals surface area contributed by atoms with E-state index in [4.69, 9.17) is 0 Å². The molecule has 0 spiro atoms. The molecule has 2 saturated carbocycles. The van der Waals surface area contributed by atoms with Gasteiger partial charge in [0.05, 0.1) is 11.8 Å². The van der Waals surface area contributed by atoms with E-state index in [2.05, 4.69) is 39.6 Å². The standard InChI is InChI=1S/C20H31N5O2.HI/c1-3-24(15-6-7-15)10-8-22-20(21-2)23-9-11-25-18(26)16-13-4-5-14(12-13)17(16)19(25)27;/h4-5,13-17H,3,6-12H2,1-2H3,(H2,21,22,23);1H. The highest BCUT2D eigenvalue weighted by atomic mass is 127. The van der Waals surface area contributed by atoms with E-state index in [0.717, 1.165) is 38.1 Å². The molecule has 4 rings (SSSR count). The number of hydrogen-bond donors (Lipinski definition) is 2. The third kappa shape index (κ3) is 4.08. The Balaban J connectivity index is 0.00000225. The summed E-state index contributed by atoms with van der Waals surface area (Å²) in [5.41, 5.74) is 0. The van der Waals surface area contributed by atoms with Crippen LogP contribution < -0.4 is 10.6 Å². The molecule has 1 aliphatic heterocycles. The largest absolute Gasteiger partial charge is 0.355 e. The van der Waals surface area contributed by atoms with Crippen LogP contribution in [-0.2, 0) is 9.59 Å². The van der Waals surface area contributed by atoms with Crippen molar-refractivity contribution >= 4 is 41.8 Å². The van der Waals surface area contributed by atoms with Gasteiger partial charge in [-0.3, -0.25) is 24.4 Å². The van der Waals surface area contributed by atoms with E-state index in [1.54, 1.807) is 7.05 Å². The second-order valence-corrected chi connectivity index (χ2v) is 8.11. The normalized spacial score (nSPS) is 30.8. The summed E-state index contributed by atoms with van der Waals surface area (Å²) in [6.07, 6.45) is 7.87. The number of allylic oxidation sites excluding steroid dienone is 2. The molecule has 2 amide bonds. The second kappa shape index (κ2) is 9.11. The van der Waals surface area contributed by atoms with Gasteiger partial charge in [0.1, 0.15) is 0 Å². The summed E-state index contributed by atoms with van der Waals surface area (Å²) in [6.45, 7) is 6.06. The number of nitrogens with zero attached hydrogens (tertiary/aromatic N) is 3. The molecule has 8 heteroatoms. The highest BCUT2D eigenvalue weighted by Crippen LogP contribution is 2.52. The minimum absolute atomic E-state index is 0. The molecule has 2 bridgehead atoms. The van der Waals surface area contributed by atoms with Gasteiger partial charge < -0.3 is 10.6 Å². The molecule has 156 valence electrons. The molecular weight excluding hydrogens is 469 g/mol. The number of nitrogens with one attached hydrogen (secondary N) is 2. The van der Waals surface area contributed by atoms with E-state index < -0.39 is 0 Å². The third-order valence-electron chi connectivity index (χ3n) is 6.57. The van der Waals surface area contributed by atoms with Crippen LogP contribution in [0.15, 0.2) is 17.1 Å². The Labute approximate surface area is 184 Å². The maximum atomic E-state index is 12.7. The summed E-state index contributed by atoms with van der Waals surface area (Å²) >= 11 is 0. The highest BCUT2D eigenvalue weighted by Gasteiger charge is 2.58. The first-order valence-electron chi connectivity index (χ1n) is 10.4. The van der Waals surface area contributed by atoms with Crippen molar-refractivity contribution in [2.75, 3.05) is 39.8 Å². The zero-order valence-corrected chi connectivity index (χ0v) is 19.1. The smallest absolute Gasteiger partial charge is 0.233 e. The number of halogens is 1. The Morgan fingerprint density at radius 1 is 1.14 bits per heavy atom. The van der Waals surface area contributed by atoms with Crippen molar-refractivity contribution in [2.45, 2.75) is 32.2 Å². The predicted molar refractivity (Wildman–Crippen MR) is 119 cm³/mol. The van der Waals surface area contributed by atoms with Crippen LogP contribution >= 0.6 is 24.0 Å². The number of imide groups is 1. The summed E-state index contributed by atoms with van der Waals surface area (Å²) < 4.78 is 0. The molecule has 0 radical (unpaired) electrons. The first-order valence-corrected chi connectivity index (χ1v) is 10.4. The van der Waals surface area contributed by atoms with Crippen LogP contribution in [0.1, 0.15) is 26.2 Å². The first kappa shape index (κ1) is 21.5. The maximum absolute atomic E-state index is 12.7. The van der Waals surface area contributed by atoms with Crippen molar-refractivity contribution in [1.29, 1.82) is 0 Å². The molecule has 3 fully saturated rings. The molecule has 1 heterocycles. The van der Waals surface area contributed by atoms with E-state index in [1.807, 2.05) is 0 Å². The van der Waals surface area contributed by atoms with Gasteiger partial charge in [0, 0.05) is 39.3 Å². The van der Waals surface area contributed by atoms with Crippen LogP contribution in [-0.4, -0.2) is 73.4 Å². The summed E-state index contributed by atoms with van der Waals surface area (Å²) in [4.78, 5) is 33.5. The summed E-state index contributed by atoms with van der Waals surface area (Å²) in [5, 5.41) is 6.56. The quantitative estimate of drug-likeness (QED) is 0.171. The van der Waals surface area contributed by atoms with Gasteiger partial charge in [-0.15, -0.1) is 24.0 Å².